The van der Waals surface area contributed by atoms with Crippen LogP contribution in [-0.2, 0) is 19.0 Å². The van der Waals surface area contributed by atoms with Gasteiger partial charge in [-0.1, -0.05) is 34.1 Å². The number of ether oxygens (including phenoxy) is 3. The second kappa shape index (κ2) is 12.2. The molecule has 0 unspecified atom stereocenters. The summed E-state index contributed by atoms with van der Waals surface area (Å²) in [5, 5.41) is 13.2. The molecule has 2 aromatic rings. The zero-order valence-corrected chi connectivity index (χ0v) is 20.1. The van der Waals surface area contributed by atoms with Crippen LogP contribution in [-0.4, -0.2) is 42.7 Å². The van der Waals surface area contributed by atoms with Gasteiger partial charge in [-0.15, -0.1) is 0 Å². The van der Waals surface area contributed by atoms with E-state index in [1.54, 1.807) is 36.4 Å². The van der Waals surface area contributed by atoms with Gasteiger partial charge in [0.15, 0.2) is 6.10 Å². The van der Waals surface area contributed by atoms with Gasteiger partial charge in [0, 0.05) is 29.3 Å². The first-order valence-electron chi connectivity index (χ1n) is 8.85. The number of rotatable bonds is 9. The Bertz CT molecular complexity index is 868. The van der Waals surface area contributed by atoms with Crippen molar-refractivity contribution in [2.24, 2.45) is 0 Å². The van der Waals surface area contributed by atoms with Crippen molar-refractivity contribution in [3.63, 3.8) is 0 Å². The third-order valence-corrected chi connectivity index (χ3v) is 5.37. The molecule has 2 rings (SSSR count). The van der Waals surface area contributed by atoms with Crippen molar-refractivity contribution in [1.29, 1.82) is 0 Å². The highest BCUT2D eigenvalue weighted by Crippen LogP contribution is 2.39. The van der Waals surface area contributed by atoms with E-state index in [4.69, 9.17) is 14.2 Å². The van der Waals surface area contributed by atoms with Crippen LogP contribution in [0.5, 0.6) is 5.75 Å². The molecule has 0 radical (unpaired) electrons. The molecule has 162 valence electrons. The van der Waals surface area contributed by atoms with Crippen LogP contribution in [0.1, 0.15) is 18.1 Å². The number of carbonyl (C=O) groups is 2. The number of halogens is 2. The van der Waals surface area contributed by atoms with Crippen molar-refractivity contribution >= 4 is 62.2 Å². The second-order valence-electron chi connectivity index (χ2n) is 6.08. The van der Waals surface area contributed by atoms with Gasteiger partial charge < -0.3 is 19.3 Å². The maximum atomic E-state index is 12.5. The molecule has 0 aromatic heterocycles. The highest BCUT2D eigenvalue weighted by molar-refractivity contribution is 9.11. The van der Waals surface area contributed by atoms with Gasteiger partial charge in [0.25, 0.3) is 0 Å². The number of carbonyl (C=O) groups excluding carboxylic acids is 2. The summed E-state index contributed by atoms with van der Waals surface area (Å²) in [6.07, 6.45) is -2.19. The van der Waals surface area contributed by atoms with E-state index in [9.17, 15) is 14.7 Å². The van der Waals surface area contributed by atoms with Gasteiger partial charge in [-0.2, -0.15) is 12.6 Å². The van der Waals surface area contributed by atoms with E-state index in [-0.39, 0.29) is 24.5 Å². The number of methoxy groups -OCH3 is 1. The summed E-state index contributed by atoms with van der Waals surface area (Å²) in [4.78, 5) is 23.9. The normalized spacial score (nSPS) is 12.7. The van der Waals surface area contributed by atoms with Crippen LogP contribution < -0.4 is 5.32 Å². The molecule has 2 atom stereocenters. The van der Waals surface area contributed by atoms with E-state index < -0.39 is 24.3 Å². The van der Waals surface area contributed by atoms with Crippen molar-refractivity contribution in [3.8, 4) is 5.75 Å². The molecule has 0 aliphatic rings. The van der Waals surface area contributed by atoms with Crippen LogP contribution in [0.15, 0.2) is 51.4 Å². The van der Waals surface area contributed by atoms with Gasteiger partial charge >= 0.3 is 12.1 Å². The highest BCUT2D eigenvalue weighted by atomic mass is 79.9. The summed E-state index contributed by atoms with van der Waals surface area (Å²) in [5.74, 6) is -0.609. The van der Waals surface area contributed by atoms with E-state index in [0.29, 0.717) is 20.2 Å². The summed E-state index contributed by atoms with van der Waals surface area (Å²) in [6.45, 7) is 0.0357. The van der Waals surface area contributed by atoms with Gasteiger partial charge in [0.05, 0.1) is 16.8 Å². The van der Waals surface area contributed by atoms with Crippen molar-refractivity contribution in [1.82, 2.24) is 0 Å². The lowest BCUT2D eigenvalue weighted by Crippen LogP contribution is -2.29. The first-order valence-corrected chi connectivity index (χ1v) is 11.1. The first-order chi connectivity index (χ1) is 14.3. The molecule has 0 fully saturated rings. The van der Waals surface area contributed by atoms with Crippen molar-refractivity contribution in [2.75, 3.05) is 24.8 Å². The number of para-hydroxylation sites is 1. The number of esters is 1. The van der Waals surface area contributed by atoms with E-state index in [0.717, 1.165) is 0 Å². The van der Waals surface area contributed by atoms with Crippen LogP contribution in [0.25, 0.3) is 0 Å². The standard InChI is InChI=1S/C20H21Br2NO6S/c1-27-16(7-8-28-17(24)11-30)19(14-9-12(21)10-15(22)18(14)25)29-20(26)23-13-5-3-2-4-6-13/h2-6,9-10,16,19,25,30H,7-8,11H2,1H3,(H,23,26)/t16-,19-/m1/s1. The molecule has 7 nitrogen and oxygen atoms in total. The van der Waals surface area contributed by atoms with E-state index in [1.807, 2.05) is 6.07 Å². The average Bonchev–Trinajstić information content (AvgIpc) is 2.73. The zero-order chi connectivity index (χ0) is 22.1. The van der Waals surface area contributed by atoms with Crippen LogP contribution in [0.2, 0.25) is 0 Å². The first kappa shape index (κ1) is 24.5. The number of nitrogens with one attached hydrogen (secondary N) is 1. The van der Waals surface area contributed by atoms with Crippen molar-refractivity contribution in [3.05, 3.63) is 57.0 Å². The van der Waals surface area contributed by atoms with Gasteiger partial charge in [-0.3, -0.25) is 10.1 Å². The van der Waals surface area contributed by atoms with Crippen molar-refractivity contribution in [2.45, 2.75) is 18.6 Å². The fourth-order valence-electron chi connectivity index (χ4n) is 2.65. The summed E-state index contributed by atoms with van der Waals surface area (Å²) in [5.41, 5.74) is 0.879. The summed E-state index contributed by atoms with van der Waals surface area (Å²) in [7, 11) is 1.45. The van der Waals surface area contributed by atoms with Crippen LogP contribution >= 0.6 is 44.5 Å². The lowest BCUT2D eigenvalue weighted by Gasteiger charge is -2.27. The highest BCUT2D eigenvalue weighted by Gasteiger charge is 2.31. The Kier molecular flexibility index (Phi) is 9.96. The Balaban J connectivity index is 2.27. The van der Waals surface area contributed by atoms with Gasteiger partial charge in [0.1, 0.15) is 11.9 Å². The van der Waals surface area contributed by atoms with Crippen molar-refractivity contribution < 1.29 is 28.9 Å². The van der Waals surface area contributed by atoms with Gasteiger partial charge in [-0.25, -0.2) is 4.79 Å². The number of benzene rings is 2. The minimum Gasteiger partial charge on any atom is -0.506 e. The topological polar surface area (TPSA) is 94.1 Å². The third-order valence-electron chi connectivity index (χ3n) is 4.05. The molecule has 0 bridgehead atoms. The molecule has 0 heterocycles. The summed E-state index contributed by atoms with van der Waals surface area (Å²) >= 11 is 10.5. The molecular weight excluding hydrogens is 542 g/mol. The Morgan fingerprint density at radius 1 is 1.20 bits per heavy atom. The Hall–Kier alpha value is -1.75. The number of thiol groups is 1. The number of amides is 1. The molecule has 30 heavy (non-hydrogen) atoms. The maximum absolute atomic E-state index is 12.5. The molecule has 10 heteroatoms. The predicted molar refractivity (Wildman–Crippen MR) is 123 cm³/mol. The quantitative estimate of drug-likeness (QED) is 0.291. The van der Waals surface area contributed by atoms with Crippen LogP contribution in [0, 0.1) is 0 Å². The number of hydrogen-bond donors (Lipinski definition) is 3. The molecule has 2 N–H and O–H groups in total. The monoisotopic (exact) mass is 561 g/mol. The fourth-order valence-corrected chi connectivity index (χ4v) is 4.00. The lowest BCUT2D eigenvalue weighted by molar-refractivity contribution is -0.141. The molecule has 2 aromatic carbocycles. The number of hydrogen-bond acceptors (Lipinski definition) is 7. The molecular formula is C20H21Br2NO6S. The molecule has 0 saturated carbocycles. The second-order valence-corrected chi connectivity index (χ2v) is 8.17. The zero-order valence-electron chi connectivity index (χ0n) is 16.0. The Morgan fingerprint density at radius 3 is 2.53 bits per heavy atom. The van der Waals surface area contributed by atoms with E-state index in [2.05, 4.69) is 49.8 Å². The number of phenols is 1. The van der Waals surface area contributed by atoms with Gasteiger partial charge in [-0.05, 0) is 40.2 Å². The SMILES string of the molecule is CO[C@H](CCOC(=O)CS)[C@H](OC(=O)Nc1ccccc1)c1cc(Br)cc(Br)c1O. The number of aromatic hydroxyl groups is 1. The van der Waals surface area contributed by atoms with Crippen LogP contribution in [0.3, 0.4) is 0 Å². The Morgan fingerprint density at radius 2 is 1.90 bits per heavy atom. The smallest absolute Gasteiger partial charge is 0.412 e. The molecule has 0 aliphatic heterocycles. The largest absolute Gasteiger partial charge is 0.506 e. The minimum absolute atomic E-state index is 0.0357. The summed E-state index contributed by atoms with van der Waals surface area (Å²) in [6, 6.07) is 12.1. The van der Waals surface area contributed by atoms with E-state index in [1.165, 1.54) is 7.11 Å². The predicted octanol–water partition coefficient (Wildman–Crippen LogP) is 5.09. The maximum Gasteiger partial charge on any atom is 0.412 e. The lowest BCUT2D eigenvalue weighted by atomic mass is 10.0. The summed E-state index contributed by atoms with van der Waals surface area (Å²) < 4.78 is 17.3. The van der Waals surface area contributed by atoms with E-state index >= 15 is 0 Å². The fraction of sp³-hybridized carbons (Fsp3) is 0.300. The average molecular weight is 563 g/mol. The number of phenolic OH excluding ortho intramolecular Hbond substituents is 1. The molecule has 0 spiro atoms. The molecule has 0 saturated heterocycles. The molecule has 1 amide bonds. The molecule has 0 aliphatic carbocycles. The van der Waals surface area contributed by atoms with Gasteiger partial charge in [0.2, 0.25) is 0 Å². The number of anilines is 1. The minimum atomic E-state index is -0.984. The third kappa shape index (κ3) is 7.19. The Labute approximate surface area is 196 Å². The van der Waals surface area contributed by atoms with Crippen LogP contribution in [0.4, 0.5) is 10.5 Å².